The first kappa shape index (κ1) is 20.0. The molecule has 0 radical (unpaired) electrons. The lowest BCUT2D eigenvalue weighted by atomic mass is 10.1. The van der Waals surface area contributed by atoms with Crippen molar-refractivity contribution in [2.24, 2.45) is 0 Å². The summed E-state index contributed by atoms with van der Waals surface area (Å²) < 4.78 is 7.61. The summed E-state index contributed by atoms with van der Waals surface area (Å²) in [6.07, 6.45) is 3.69. The van der Waals surface area contributed by atoms with Crippen molar-refractivity contribution in [1.29, 1.82) is 0 Å². The number of anilines is 1. The van der Waals surface area contributed by atoms with Gasteiger partial charge in [0.15, 0.2) is 5.16 Å². The molecule has 0 bridgehead atoms. The SMILES string of the molecule is CCOc1ccccc1NC(=O)C(C)Sc1nccn1-c1ccc(C)cc1C. The quantitative estimate of drug-likeness (QED) is 0.572. The van der Waals surface area contributed by atoms with Gasteiger partial charge in [0, 0.05) is 12.4 Å². The lowest BCUT2D eigenvalue weighted by molar-refractivity contribution is -0.115. The highest BCUT2D eigenvalue weighted by Gasteiger charge is 2.19. The molecular formula is C22H25N3O2S. The van der Waals surface area contributed by atoms with Crippen LogP contribution in [0.3, 0.4) is 0 Å². The fourth-order valence-electron chi connectivity index (χ4n) is 2.93. The number of benzene rings is 2. The number of nitrogens with zero attached hydrogens (tertiary/aromatic N) is 2. The number of hydrogen-bond donors (Lipinski definition) is 1. The topological polar surface area (TPSA) is 56.1 Å². The fourth-order valence-corrected chi connectivity index (χ4v) is 3.81. The van der Waals surface area contributed by atoms with E-state index in [9.17, 15) is 4.79 Å². The van der Waals surface area contributed by atoms with Gasteiger partial charge in [-0.25, -0.2) is 4.98 Å². The van der Waals surface area contributed by atoms with Crippen molar-refractivity contribution >= 4 is 23.4 Å². The summed E-state index contributed by atoms with van der Waals surface area (Å²) in [4.78, 5) is 17.2. The van der Waals surface area contributed by atoms with Crippen LogP contribution >= 0.6 is 11.8 Å². The van der Waals surface area contributed by atoms with E-state index in [0.29, 0.717) is 18.0 Å². The Kier molecular flexibility index (Phi) is 6.41. The number of carbonyl (C=O) groups is 1. The number of aryl methyl sites for hydroxylation is 2. The van der Waals surface area contributed by atoms with E-state index in [1.54, 1.807) is 6.20 Å². The monoisotopic (exact) mass is 395 g/mol. The van der Waals surface area contributed by atoms with Gasteiger partial charge in [-0.2, -0.15) is 0 Å². The summed E-state index contributed by atoms with van der Waals surface area (Å²) >= 11 is 1.43. The number of amides is 1. The maximum Gasteiger partial charge on any atom is 0.237 e. The van der Waals surface area contributed by atoms with Gasteiger partial charge in [0.1, 0.15) is 5.75 Å². The molecule has 1 unspecified atom stereocenters. The second kappa shape index (κ2) is 8.97. The Morgan fingerprint density at radius 1 is 1.25 bits per heavy atom. The molecule has 0 spiro atoms. The third-order valence-electron chi connectivity index (χ3n) is 4.31. The van der Waals surface area contributed by atoms with Crippen molar-refractivity contribution in [2.45, 2.75) is 38.1 Å². The van der Waals surface area contributed by atoms with Crippen molar-refractivity contribution < 1.29 is 9.53 Å². The molecule has 5 nitrogen and oxygen atoms in total. The van der Waals surface area contributed by atoms with Gasteiger partial charge in [-0.15, -0.1) is 0 Å². The van der Waals surface area contributed by atoms with Gasteiger partial charge in [0.25, 0.3) is 0 Å². The lowest BCUT2D eigenvalue weighted by Crippen LogP contribution is -2.23. The summed E-state index contributed by atoms with van der Waals surface area (Å²) in [7, 11) is 0. The molecule has 0 saturated heterocycles. The van der Waals surface area contributed by atoms with Gasteiger partial charge in [0.2, 0.25) is 5.91 Å². The summed E-state index contributed by atoms with van der Waals surface area (Å²) in [5.41, 5.74) is 4.14. The van der Waals surface area contributed by atoms with E-state index in [2.05, 4.69) is 42.3 Å². The van der Waals surface area contributed by atoms with Crippen LogP contribution in [0, 0.1) is 13.8 Å². The molecule has 6 heteroatoms. The molecule has 3 aromatic rings. The maximum absolute atomic E-state index is 12.7. The number of imidazole rings is 1. The van der Waals surface area contributed by atoms with Gasteiger partial charge in [0.05, 0.1) is 23.2 Å². The van der Waals surface area contributed by atoms with Crippen molar-refractivity contribution in [3.63, 3.8) is 0 Å². The number of para-hydroxylation sites is 2. The molecule has 28 heavy (non-hydrogen) atoms. The molecule has 146 valence electrons. The normalized spacial score (nSPS) is 11.9. The zero-order chi connectivity index (χ0) is 20.1. The van der Waals surface area contributed by atoms with Crippen LogP contribution in [0.15, 0.2) is 60.0 Å². The molecule has 0 aliphatic rings. The van der Waals surface area contributed by atoms with E-state index < -0.39 is 0 Å². The Hall–Kier alpha value is -2.73. The number of rotatable bonds is 7. The lowest BCUT2D eigenvalue weighted by Gasteiger charge is -2.16. The van der Waals surface area contributed by atoms with Crippen LogP contribution in [0.2, 0.25) is 0 Å². The Bertz CT molecular complexity index is 968. The van der Waals surface area contributed by atoms with Crippen molar-refractivity contribution in [2.75, 3.05) is 11.9 Å². The molecular weight excluding hydrogens is 370 g/mol. The minimum Gasteiger partial charge on any atom is -0.492 e. The summed E-state index contributed by atoms with van der Waals surface area (Å²) in [6, 6.07) is 13.8. The van der Waals surface area contributed by atoms with E-state index in [0.717, 1.165) is 10.8 Å². The first-order chi connectivity index (χ1) is 13.5. The van der Waals surface area contributed by atoms with Gasteiger partial charge in [-0.1, -0.05) is 41.6 Å². The number of ether oxygens (including phenoxy) is 1. The smallest absolute Gasteiger partial charge is 0.237 e. The minimum absolute atomic E-state index is 0.0904. The molecule has 1 heterocycles. The predicted octanol–water partition coefficient (Wildman–Crippen LogP) is 5.01. The summed E-state index contributed by atoms with van der Waals surface area (Å²) in [5.74, 6) is 0.583. The highest BCUT2D eigenvalue weighted by atomic mass is 32.2. The second-order valence-corrected chi connectivity index (χ2v) is 7.86. The van der Waals surface area contributed by atoms with E-state index in [1.807, 2.05) is 48.9 Å². The second-order valence-electron chi connectivity index (χ2n) is 6.55. The molecule has 2 aromatic carbocycles. The Labute approximate surface area is 170 Å². The number of hydrogen-bond acceptors (Lipinski definition) is 4. The van der Waals surface area contributed by atoms with Gasteiger partial charge in [-0.3, -0.25) is 9.36 Å². The first-order valence-corrected chi connectivity index (χ1v) is 10.2. The van der Waals surface area contributed by atoms with Gasteiger partial charge < -0.3 is 10.1 Å². The van der Waals surface area contributed by atoms with Crippen LogP contribution in [0.25, 0.3) is 5.69 Å². The Morgan fingerprint density at radius 2 is 2.04 bits per heavy atom. The zero-order valence-electron chi connectivity index (χ0n) is 16.6. The third-order valence-corrected chi connectivity index (χ3v) is 5.40. The number of thioether (sulfide) groups is 1. The molecule has 0 aliphatic carbocycles. The molecule has 1 aromatic heterocycles. The van der Waals surface area contributed by atoms with Crippen LogP contribution < -0.4 is 10.1 Å². The standard InChI is InChI=1S/C22H25N3O2S/c1-5-27-20-9-7-6-8-18(20)24-21(26)17(4)28-22-23-12-13-25(22)19-11-10-15(2)14-16(19)3/h6-14,17H,5H2,1-4H3,(H,24,26). The van der Waals surface area contributed by atoms with Crippen LogP contribution in [-0.4, -0.2) is 27.3 Å². The average molecular weight is 396 g/mol. The van der Waals surface area contributed by atoms with Crippen LogP contribution in [0.5, 0.6) is 5.75 Å². The molecule has 3 rings (SSSR count). The predicted molar refractivity (Wildman–Crippen MR) is 115 cm³/mol. The first-order valence-electron chi connectivity index (χ1n) is 9.30. The number of carbonyl (C=O) groups excluding carboxylic acids is 1. The summed E-state index contributed by atoms with van der Waals surface area (Å²) in [6.45, 7) is 8.50. The highest BCUT2D eigenvalue weighted by molar-refractivity contribution is 8.00. The molecule has 1 amide bonds. The molecule has 1 N–H and O–H groups in total. The average Bonchev–Trinajstić information content (AvgIpc) is 3.11. The molecule has 0 aliphatic heterocycles. The number of nitrogens with one attached hydrogen (secondary N) is 1. The van der Waals surface area contributed by atoms with E-state index >= 15 is 0 Å². The summed E-state index contributed by atoms with van der Waals surface area (Å²) in [5, 5.41) is 3.43. The van der Waals surface area contributed by atoms with Gasteiger partial charge >= 0.3 is 0 Å². The fraction of sp³-hybridized carbons (Fsp3) is 0.273. The van der Waals surface area contributed by atoms with Crippen molar-refractivity contribution in [1.82, 2.24) is 9.55 Å². The Balaban J connectivity index is 1.75. The van der Waals surface area contributed by atoms with Crippen LogP contribution in [0.1, 0.15) is 25.0 Å². The van der Waals surface area contributed by atoms with Crippen molar-refractivity contribution in [3.05, 3.63) is 66.0 Å². The van der Waals surface area contributed by atoms with Gasteiger partial charge in [-0.05, 0) is 51.5 Å². The highest BCUT2D eigenvalue weighted by Crippen LogP contribution is 2.29. The molecule has 0 fully saturated rings. The Morgan fingerprint density at radius 3 is 2.79 bits per heavy atom. The van der Waals surface area contributed by atoms with Crippen molar-refractivity contribution in [3.8, 4) is 11.4 Å². The third kappa shape index (κ3) is 4.57. The molecule has 0 saturated carbocycles. The van der Waals surface area contributed by atoms with E-state index in [1.165, 1.54) is 22.9 Å². The van der Waals surface area contributed by atoms with Crippen LogP contribution in [-0.2, 0) is 4.79 Å². The molecule has 1 atom stereocenters. The number of aromatic nitrogens is 2. The van der Waals surface area contributed by atoms with E-state index in [4.69, 9.17) is 4.74 Å². The van der Waals surface area contributed by atoms with Crippen LogP contribution in [0.4, 0.5) is 5.69 Å². The maximum atomic E-state index is 12.7. The van der Waals surface area contributed by atoms with E-state index in [-0.39, 0.29) is 11.2 Å². The zero-order valence-corrected chi connectivity index (χ0v) is 17.4. The minimum atomic E-state index is -0.318. The largest absolute Gasteiger partial charge is 0.492 e.